The average molecular weight is 268 g/mol. The topological polar surface area (TPSA) is 81.7 Å². The first kappa shape index (κ1) is 16.5. The molecule has 0 radical (unpaired) electrons. The fraction of sp³-hybridized carbons (Fsp3) is 0.333. The number of nitrogens with one attached hydrogen (secondary N) is 1. The fourth-order valence-electron chi connectivity index (χ4n) is 1.18. The van der Waals surface area contributed by atoms with Gasteiger partial charge in [0.15, 0.2) is 10.3 Å². The normalized spacial score (nSPS) is 10.4. The monoisotopic (exact) mass is 268 g/mol. The summed E-state index contributed by atoms with van der Waals surface area (Å²) < 4.78 is 38.5. The third-order valence-corrected chi connectivity index (χ3v) is 2.41. The van der Waals surface area contributed by atoms with Crippen LogP contribution in [0.15, 0.2) is 18.2 Å². The third-order valence-electron chi connectivity index (χ3n) is 1.94. The Hall–Kier alpha value is -0.470. The van der Waals surface area contributed by atoms with Crippen molar-refractivity contribution in [2.75, 3.05) is 30.8 Å². The Kier molecular flexibility index (Phi) is 6.28. The number of methoxy groups -OCH3 is 1. The SMILES string of the molecule is COc1cc(N(C)C)ccc1NS(=O)(=O)[O-].[Na+]. The van der Waals surface area contributed by atoms with Gasteiger partial charge in [0.05, 0.1) is 12.8 Å². The second kappa shape index (κ2) is 6.46. The van der Waals surface area contributed by atoms with E-state index in [-0.39, 0.29) is 35.2 Å². The Labute approximate surface area is 123 Å². The Morgan fingerprint density at radius 1 is 1.35 bits per heavy atom. The van der Waals surface area contributed by atoms with E-state index in [2.05, 4.69) is 0 Å². The van der Waals surface area contributed by atoms with Gasteiger partial charge >= 0.3 is 29.6 Å². The molecular formula is C9H13N2NaO4S. The predicted molar refractivity (Wildman–Crippen MR) is 60.6 cm³/mol. The molecule has 90 valence electrons. The van der Waals surface area contributed by atoms with Gasteiger partial charge in [-0.05, 0) is 12.1 Å². The molecule has 1 aromatic rings. The van der Waals surface area contributed by atoms with Crippen LogP contribution in [-0.4, -0.2) is 34.2 Å². The van der Waals surface area contributed by atoms with Gasteiger partial charge in [-0.3, -0.25) is 4.72 Å². The molecule has 1 aromatic carbocycles. The minimum absolute atomic E-state index is 0. The summed E-state index contributed by atoms with van der Waals surface area (Å²) in [6.07, 6.45) is 0. The van der Waals surface area contributed by atoms with Crippen LogP contribution in [0.3, 0.4) is 0 Å². The minimum Gasteiger partial charge on any atom is -0.731 e. The maximum absolute atomic E-state index is 10.6. The molecule has 0 atom stereocenters. The Bertz CT molecular complexity index is 476. The van der Waals surface area contributed by atoms with E-state index < -0.39 is 10.3 Å². The molecule has 1 rings (SSSR count). The average Bonchev–Trinajstić information content (AvgIpc) is 2.15. The fourth-order valence-corrected chi connectivity index (χ4v) is 1.62. The molecule has 1 N–H and O–H groups in total. The van der Waals surface area contributed by atoms with Gasteiger partial charge in [-0.1, -0.05) is 0 Å². The van der Waals surface area contributed by atoms with Gasteiger partial charge in [-0.15, -0.1) is 0 Å². The number of nitrogens with zero attached hydrogens (tertiary/aromatic N) is 1. The van der Waals surface area contributed by atoms with Gasteiger partial charge in [0.25, 0.3) is 0 Å². The van der Waals surface area contributed by atoms with Crippen LogP contribution in [-0.2, 0) is 10.3 Å². The zero-order chi connectivity index (χ0) is 12.3. The first-order valence-electron chi connectivity index (χ1n) is 4.42. The van der Waals surface area contributed by atoms with Crippen LogP contribution >= 0.6 is 0 Å². The number of hydrogen-bond acceptors (Lipinski definition) is 5. The van der Waals surface area contributed by atoms with E-state index in [1.54, 1.807) is 12.1 Å². The maximum atomic E-state index is 10.6. The van der Waals surface area contributed by atoms with Crippen molar-refractivity contribution in [1.82, 2.24) is 0 Å². The van der Waals surface area contributed by atoms with Crippen molar-refractivity contribution in [2.24, 2.45) is 0 Å². The summed E-state index contributed by atoms with van der Waals surface area (Å²) in [6.45, 7) is 0. The predicted octanol–water partition coefficient (Wildman–Crippen LogP) is -2.36. The quantitative estimate of drug-likeness (QED) is 0.488. The van der Waals surface area contributed by atoms with Crippen LogP contribution in [0.2, 0.25) is 0 Å². The van der Waals surface area contributed by atoms with E-state index in [1.807, 2.05) is 23.7 Å². The van der Waals surface area contributed by atoms with Crippen LogP contribution < -0.4 is 43.9 Å². The molecule has 0 aliphatic heterocycles. The summed E-state index contributed by atoms with van der Waals surface area (Å²) in [5.41, 5.74) is 0.966. The molecule has 0 aliphatic carbocycles. The maximum Gasteiger partial charge on any atom is 1.00 e. The molecule has 0 amide bonds. The zero-order valence-electron chi connectivity index (χ0n) is 10.2. The van der Waals surface area contributed by atoms with Crippen molar-refractivity contribution < 1.29 is 47.3 Å². The van der Waals surface area contributed by atoms with Crippen molar-refractivity contribution in [3.8, 4) is 5.75 Å². The molecule has 0 saturated carbocycles. The summed E-state index contributed by atoms with van der Waals surface area (Å²) in [5.74, 6) is 0.297. The number of anilines is 2. The van der Waals surface area contributed by atoms with Crippen molar-refractivity contribution in [2.45, 2.75) is 0 Å². The summed E-state index contributed by atoms with van der Waals surface area (Å²) in [5, 5.41) is 0. The molecule has 0 bridgehead atoms. The van der Waals surface area contributed by atoms with Crippen molar-refractivity contribution >= 4 is 21.7 Å². The smallest absolute Gasteiger partial charge is 0.731 e. The molecule has 6 nitrogen and oxygen atoms in total. The molecular weight excluding hydrogens is 255 g/mol. The number of hydrogen-bond donors (Lipinski definition) is 1. The molecule has 0 unspecified atom stereocenters. The van der Waals surface area contributed by atoms with Gasteiger partial charge in [0.1, 0.15) is 5.75 Å². The van der Waals surface area contributed by atoms with Crippen LogP contribution in [0.4, 0.5) is 11.4 Å². The van der Waals surface area contributed by atoms with Crippen LogP contribution in [0.5, 0.6) is 5.75 Å². The van der Waals surface area contributed by atoms with Crippen molar-refractivity contribution in [1.29, 1.82) is 0 Å². The first-order valence-corrected chi connectivity index (χ1v) is 5.83. The van der Waals surface area contributed by atoms with Crippen LogP contribution in [0.25, 0.3) is 0 Å². The van der Waals surface area contributed by atoms with Gasteiger partial charge in [0.2, 0.25) is 0 Å². The zero-order valence-corrected chi connectivity index (χ0v) is 13.0. The summed E-state index contributed by atoms with van der Waals surface area (Å²) in [4.78, 5) is 1.83. The number of ether oxygens (including phenoxy) is 1. The Balaban J connectivity index is 0.00000256. The summed E-state index contributed by atoms with van der Waals surface area (Å²) >= 11 is 0. The van der Waals surface area contributed by atoms with Crippen molar-refractivity contribution in [3.63, 3.8) is 0 Å². The van der Waals surface area contributed by atoms with Gasteiger partial charge < -0.3 is 14.2 Å². The molecule has 17 heavy (non-hydrogen) atoms. The second-order valence-corrected chi connectivity index (χ2v) is 4.45. The Morgan fingerprint density at radius 3 is 2.35 bits per heavy atom. The molecule has 0 saturated heterocycles. The van der Waals surface area contributed by atoms with E-state index in [0.29, 0.717) is 5.75 Å². The van der Waals surface area contributed by atoms with Gasteiger partial charge in [0, 0.05) is 25.8 Å². The second-order valence-electron chi connectivity index (χ2n) is 3.34. The molecule has 0 fully saturated rings. The van der Waals surface area contributed by atoms with E-state index in [0.717, 1.165) is 5.69 Å². The number of rotatable bonds is 4. The largest absolute Gasteiger partial charge is 1.00 e. The standard InChI is InChI=1S/C9H14N2O4S.Na/c1-11(2)7-4-5-8(9(6-7)15-3)10-16(12,13)14;/h4-6,10H,1-3H3,(H,12,13,14);/q;+1/p-1. The molecule has 0 spiro atoms. The minimum atomic E-state index is -4.54. The molecule has 0 aromatic heterocycles. The van der Waals surface area contributed by atoms with Crippen LogP contribution in [0.1, 0.15) is 0 Å². The summed E-state index contributed by atoms with van der Waals surface area (Å²) in [7, 11) is 0.543. The van der Waals surface area contributed by atoms with E-state index in [4.69, 9.17) is 4.74 Å². The molecule has 0 heterocycles. The first-order chi connectivity index (χ1) is 7.33. The van der Waals surface area contributed by atoms with Gasteiger partial charge in [-0.25, -0.2) is 8.42 Å². The van der Waals surface area contributed by atoms with E-state index in [9.17, 15) is 13.0 Å². The van der Waals surface area contributed by atoms with Gasteiger partial charge in [-0.2, -0.15) is 0 Å². The van der Waals surface area contributed by atoms with Crippen molar-refractivity contribution in [3.05, 3.63) is 18.2 Å². The van der Waals surface area contributed by atoms with E-state index >= 15 is 0 Å². The molecule has 8 heteroatoms. The summed E-state index contributed by atoms with van der Waals surface area (Å²) in [6, 6.07) is 4.78. The Morgan fingerprint density at radius 2 is 1.94 bits per heavy atom. The van der Waals surface area contributed by atoms with Crippen LogP contribution in [0, 0.1) is 0 Å². The van der Waals surface area contributed by atoms with E-state index in [1.165, 1.54) is 13.2 Å². The number of benzene rings is 1. The third kappa shape index (κ3) is 5.13. The molecule has 0 aliphatic rings.